The van der Waals surface area contributed by atoms with E-state index >= 15 is 0 Å². The van der Waals surface area contributed by atoms with Crippen molar-refractivity contribution in [3.8, 4) is 17.0 Å². The molecule has 0 aliphatic heterocycles. The third-order valence-corrected chi connectivity index (χ3v) is 6.22. The molecule has 0 saturated heterocycles. The van der Waals surface area contributed by atoms with Crippen molar-refractivity contribution in [1.29, 1.82) is 0 Å². The summed E-state index contributed by atoms with van der Waals surface area (Å²) in [5.74, 6) is 0.438. The van der Waals surface area contributed by atoms with Crippen molar-refractivity contribution in [3.05, 3.63) is 57.7 Å². The van der Waals surface area contributed by atoms with E-state index in [1.54, 1.807) is 17.5 Å². The van der Waals surface area contributed by atoms with Gasteiger partial charge in [0.25, 0.3) is 15.6 Å². The van der Waals surface area contributed by atoms with Crippen LogP contribution in [0.5, 0.6) is 5.75 Å². The molecule has 0 bridgehead atoms. The van der Waals surface area contributed by atoms with Gasteiger partial charge in [0, 0.05) is 17.0 Å². The normalized spacial score (nSPS) is 11.3. The topological polar surface area (TPSA) is 101 Å². The Hall–Kier alpha value is -2.65. The Morgan fingerprint density at radius 3 is 2.68 bits per heavy atom. The van der Waals surface area contributed by atoms with Gasteiger partial charge in [-0.15, -0.1) is 11.3 Å². The summed E-state index contributed by atoms with van der Waals surface area (Å²) in [4.78, 5) is 11.1. The molecule has 0 atom stereocenters. The van der Waals surface area contributed by atoms with E-state index in [1.807, 2.05) is 13.0 Å². The highest BCUT2D eigenvalue weighted by Crippen LogP contribution is 2.31. The van der Waals surface area contributed by atoms with Crippen molar-refractivity contribution in [2.75, 3.05) is 11.8 Å². The predicted molar refractivity (Wildman–Crippen MR) is 96.7 cm³/mol. The smallest absolute Gasteiger partial charge is 0.271 e. The number of aromatic amines is 1. The summed E-state index contributed by atoms with van der Waals surface area (Å²) in [6, 6.07) is 9.63. The van der Waals surface area contributed by atoms with Crippen LogP contribution >= 0.6 is 11.3 Å². The lowest BCUT2D eigenvalue weighted by Gasteiger charge is -2.11. The van der Waals surface area contributed by atoms with Crippen molar-refractivity contribution in [3.63, 3.8) is 0 Å². The highest BCUT2D eigenvalue weighted by molar-refractivity contribution is 7.94. The van der Waals surface area contributed by atoms with Gasteiger partial charge >= 0.3 is 0 Å². The lowest BCUT2D eigenvalue weighted by Crippen LogP contribution is -2.12. The van der Waals surface area contributed by atoms with Gasteiger partial charge in [0.2, 0.25) is 0 Å². The molecule has 1 aromatic carbocycles. The molecule has 2 aromatic heterocycles. The number of H-pyrrole nitrogens is 1. The van der Waals surface area contributed by atoms with Crippen molar-refractivity contribution in [1.82, 2.24) is 10.2 Å². The van der Waals surface area contributed by atoms with E-state index in [0.29, 0.717) is 22.7 Å². The first-order valence-corrected chi connectivity index (χ1v) is 9.57. The van der Waals surface area contributed by atoms with Crippen molar-refractivity contribution in [2.24, 2.45) is 0 Å². The number of aryl methyl sites for hydroxylation is 1. The molecular formula is C16H15N3O4S2. The fourth-order valence-electron chi connectivity index (χ4n) is 2.19. The fraction of sp³-hybridized carbons (Fsp3) is 0.125. The zero-order chi connectivity index (χ0) is 18.0. The van der Waals surface area contributed by atoms with Gasteiger partial charge < -0.3 is 4.74 Å². The van der Waals surface area contributed by atoms with Crippen LogP contribution in [-0.2, 0) is 10.0 Å². The van der Waals surface area contributed by atoms with Crippen LogP contribution in [0.1, 0.15) is 5.56 Å². The Balaban J connectivity index is 1.92. The van der Waals surface area contributed by atoms with E-state index in [-0.39, 0.29) is 9.77 Å². The molecule has 0 unspecified atom stereocenters. The molecule has 0 saturated carbocycles. The van der Waals surface area contributed by atoms with Gasteiger partial charge in [-0.3, -0.25) is 9.52 Å². The van der Waals surface area contributed by atoms with Crippen LogP contribution in [0.2, 0.25) is 0 Å². The quantitative estimate of drug-likeness (QED) is 0.712. The predicted octanol–water partition coefficient (Wildman–Crippen LogP) is 2.62. The lowest BCUT2D eigenvalue weighted by atomic mass is 10.2. The SMILES string of the molecule is COc1ccc(C)cc1NS(=O)(=O)c1cc(-c2ccc(=O)[nH]n2)cs1. The van der Waals surface area contributed by atoms with Crippen LogP contribution in [-0.4, -0.2) is 25.7 Å². The summed E-state index contributed by atoms with van der Waals surface area (Å²) in [7, 11) is -2.29. The average Bonchev–Trinajstić information content (AvgIpc) is 3.06. The molecule has 130 valence electrons. The monoisotopic (exact) mass is 377 g/mol. The highest BCUT2D eigenvalue weighted by atomic mass is 32.2. The first-order valence-electron chi connectivity index (χ1n) is 7.21. The number of ether oxygens (including phenoxy) is 1. The van der Waals surface area contributed by atoms with Crippen LogP contribution in [0.4, 0.5) is 5.69 Å². The number of thiophene rings is 1. The first-order chi connectivity index (χ1) is 11.9. The second kappa shape index (κ2) is 6.69. The minimum atomic E-state index is -3.77. The maximum atomic E-state index is 12.6. The second-order valence-corrected chi connectivity index (χ2v) is 8.09. The fourth-order valence-corrected chi connectivity index (χ4v) is 4.43. The van der Waals surface area contributed by atoms with Crippen molar-refractivity contribution >= 4 is 27.0 Å². The summed E-state index contributed by atoms with van der Waals surface area (Å²) in [6.07, 6.45) is 0. The van der Waals surface area contributed by atoms with Gasteiger partial charge in [0.1, 0.15) is 9.96 Å². The van der Waals surface area contributed by atoms with Gasteiger partial charge in [-0.2, -0.15) is 5.10 Å². The van der Waals surface area contributed by atoms with E-state index in [1.165, 1.54) is 25.3 Å². The third kappa shape index (κ3) is 3.72. The minimum Gasteiger partial charge on any atom is -0.495 e. The maximum absolute atomic E-state index is 12.6. The standard InChI is InChI=1S/C16H15N3O4S2/c1-10-3-5-14(23-2)13(7-10)19-25(21,22)16-8-11(9-24-16)12-4-6-15(20)18-17-12/h3-9,19H,1-2H3,(H,18,20). The minimum absolute atomic E-state index is 0.138. The molecule has 0 radical (unpaired) electrons. The van der Waals surface area contributed by atoms with E-state index < -0.39 is 10.0 Å². The molecule has 25 heavy (non-hydrogen) atoms. The maximum Gasteiger partial charge on any atom is 0.271 e. The highest BCUT2D eigenvalue weighted by Gasteiger charge is 2.19. The summed E-state index contributed by atoms with van der Waals surface area (Å²) < 4.78 is 33.2. The van der Waals surface area contributed by atoms with Gasteiger partial charge in [-0.1, -0.05) is 6.07 Å². The molecule has 0 fully saturated rings. The van der Waals surface area contributed by atoms with Gasteiger partial charge in [0.05, 0.1) is 18.5 Å². The van der Waals surface area contributed by atoms with E-state index in [4.69, 9.17) is 4.74 Å². The Labute approximate surface area is 148 Å². The molecule has 2 N–H and O–H groups in total. The molecule has 7 nitrogen and oxygen atoms in total. The summed E-state index contributed by atoms with van der Waals surface area (Å²) >= 11 is 1.07. The first kappa shape index (κ1) is 17.2. The van der Waals surface area contributed by atoms with Crippen LogP contribution in [0.15, 0.2) is 50.8 Å². The van der Waals surface area contributed by atoms with Crippen LogP contribution < -0.4 is 15.0 Å². The van der Waals surface area contributed by atoms with Crippen molar-refractivity contribution in [2.45, 2.75) is 11.1 Å². The van der Waals surface area contributed by atoms with E-state index in [2.05, 4.69) is 14.9 Å². The van der Waals surface area contributed by atoms with Gasteiger partial charge in [-0.25, -0.2) is 13.5 Å². The van der Waals surface area contributed by atoms with Crippen molar-refractivity contribution < 1.29 is 13.2 Å². The van der Waals surface area contributed by atoms with Crippen LogP contribution in [0.3, 0.4) is 0 Å². The zero-order valence-corrected chi connectivity index (χ0v) is 15.1. The third-order valence-electron chi connectivity index (χ3n) is 3.41. The molecule has 0 aliphatic rings. The zero-order valence-electron chi connectivity index (χ0n) is 13.4. The number of rotatable bonds is 5. The number of sulfonamides is 1. The number of benzene rings is 1. The number of methoxy groups -OCH3 is 1. The number of hydrogen-bond donors (Lipinski definition) is 2. The lowest BCUT2D eigenvalue weighted by molar-refractivity contribution is 0.417. The number of aromatic nitrogens is 2. The Bertz CT molecular complexity index is 1050. The summed E-state index contributed by atoms with van der Waals surface area (Å²) in [6.45, 7) is 1.86. The van der Waals surface area contributed by atoms with Gasteiger partial charge in [0.15, 0.2) is 0 Å². The number of anilines is 1. The Kier molecular flexibility index (Phi) is 4.60. The van der Waals surface area contributed by atoms with Crippen LogP contribution in [0.25, 0.3) is 11.3 Å². The van der Waals surface area contributed by atoms with Crippen LogP contribution in [0, 0.1) is 6.92 Å². The molecule has 0 amide bonds. The molecule has 0 aliphatic carbocycles. The van der Waals surface area contributed by atoms with E-state index in [0.717, 1.165) is 16.9 Å². The number of hydrogen-bond acceptors (Lipinski definition) is 6. The molecule has 2 heterocycles. The molecule has 9 heteroatoms. The Morgan fingerprint density at radius 1 is 1.20 bits per heavy atom. The average molecular weight is 377 g/mol. The number of nitrogens with zero attached hydrogens (tertiary/aromatic N) is 1. The summed E-state index contributed by atoms with van der Waals surface area (Å²) in [5, 5.41) is 7.90. The molecular weight excluding hydrogens is 362 g/mol. The molecule has 3 rings (SSSR count). The summed E-state index contributed by atoms with van der Waals surface area (Å²) in [5.41, 5.74) is 2.06. The largest absolute Gasteiger partial charge is 0.495 e. The Morgan fingerprint density at radius 2 is 2.00 bits per heavy atom. The number of nitrogens with one attached hydrogen (secondary N) is 2. The van der Waals surface area contributed by atoms with Gasteiger partial charge in [-0.05, 0) is 36.8 Å². The second-order valence-electron chi connectivity index (χ2n) is 5.27. The van der Waals surface area contributed by atoms with E-state index in [9.17, 15) is 13.2 Å². The molecule has 3 aromatic rings. The molecule has 0 spiro atoms.